The number of nitrogens with two attached hydrogens (primary N) is 1. The predicted molar refractivity (Wildman–Crippen MR) is 118 cm³/mol. The van der Waals surface area contributed by atoms with Crippen LogP contribution in [-0.4, -0.2) is 42.4 Å². The number of likely N-dealkylation sites (tertiary alicyclic amines) is 1. The second kappa shape index (κ2) is 7.37. The highest BCUT2D eigenvalue weighted by atomic mass is 16.2. The Labute approximate surface area is 180 Å². The molecule has 1 saturated heterocycles. The number of nitrogens with zero attached hydrogens (tertiary/aromatic N) is 2. The van der Waals surface area contributed by atoms with Crippen LogP contribution in [0.3, 0.4) is 0 Å². The van der Waals surface area contributed by atoms with Crippen LogP contribution in [-0.2, 0) is 9.59 Å². The first kappa shape index (κ1) is 20.0. The van der Waals surface area contributed by atoms with Crippen LogP contribution >= 0.6 is 0 Å². The summed E-state index contributed by atoms with van der Waals surface area (Å²) in [5.41, 5.74) is 7.94. The van der Waals surface area contributed by atoms with Gasteiger partial charge in [0.1, 0.15) is 0 Å². The van der Waals surface area contributed by atoms with Crippen LogP contribution in [0.25, 0.3) is 0 Å². The van der Waals surface area contributed by atoms with Crippen molar-refractivity contribution in [3.05, 3.63) is 29.8 Å². The van der Waals surface area contributed by atoms with Crippen molar-refractivity contribution in [3.63, 3.8) is 0 Å². The van der Waals surface area contributed by atoms with E-state index in [1.54, 1.807) is 0 Å². The third-order valence-electron chi connectivity index (χ3n) is 8.93. The highest BCUT2D eigenvalue weighted by Crippen LogP contribution is 2.61. The first-order valence-corrected chi connectivity index (χ1v) is 11.8. The summed E-state index contributed by atoms with van der Waals surface area (Å²) >= 11 is 0. The molecule has 1 aromatic rings. The molecular weight excluding hydrogens is 374 g/mol. The van der Waals surface area contributed by atoms with Gasteiger partial charge in [-0.1, -0.05) is 32.0 Å². The minimum absolute atomic E-state index is 0.0583. The Hall–Kier alpha value is -1.88. The van der Waals surface area contributed by atoms with Gasteiger partial charge < -0.3 is 15.5 Å². The van der Waals surface area contributed by atoms with Gasteiger partial charge in [-0.05, 0) is 66.9 Å². The quantitative estimate of drug-likeness (QED) is 0.809. The van der Waals surface area contributed by atoms with Crippen LogP contribution in [0.15, 0.2) is 24.3 Å². The molecule has 1 aromatic carbocycles. The largest absolute Gasteiger partial charge is 0.370 e. The van der Waals surface area contributed by atoms with Crippen LogP contribution in [0, 0.1) is 23.2 Å². The SMILES string of the molecule is CC1(C)C2CC[C@@H](CN3CCC(N4C(=O)C(CC(N)=O)c5ccccc54)CC3)C1C2. The molecule has 2 N–H and O–H groups in total. The first-order chi connectivity index (χ1) is 14.4. The number of rotatable bonds is 5. The molecule has 6 rings (SSSR count). The molecule has 4 atom stereocenters. The fraction of sp³-hybridized carbons (Fsp3) is 0.680. The van der Waals surface area contributed by atoms with E-state index in [1.165, 1.54) is 25.8 Å². The van der Waals surface area contributed by atoms with Gasteiger partial charge in [0, 0.05) is 37.8 Å². The molecule has 0 spiro atoms. The molecule has 0 aromatic heterocycles. The Balaban J connectivity index is 1.23. The molecule has 2 aliphatic heterocycles. The number of hydrogen-bond acceptors (Lipinski definition) is 3. The lowest BCUT2D eigenvalue weighted by molar-refractivity contribution is -0.124. The Kier molecular flexibility index (Phi) is 4.92. The molecule has 162 valence electrons. The summed E-state index contributed by atoms with van der Waals surface area (Å²) in [6.07, 6.45) is 6.36. The standard InChI is InChI=1S/C25H35N3O2/c1-25(2)17-8-7-16(21(25)13-17)15-27-11-9-18(10-12-27)28-22-6-4-3-5-19(22)20(24(28)30)14-23(26)29/h3-6,16-18,20-21H,7-15H2,1-2H3,(H2,26,29)/t16-,17?,20?,21?/m0/s1. The molecular formula is C25H35N3O2. The number of anilines is 1. The molecule has 5 aliphatic rings. The number of para-hydroxylation sites is 1. The topological polar surface area (TPSA) is 66.6 Å². The number of hydrogen-bond donors (Lipinski definition) is 1. The van der Waals surface area contributed by atoms with Gasteiger partial charge in [0.15, 0.2) is 0 Å². The van der Waals surface area contributed by atoms with E-state index in [9.17, 15) is 9.59 Å². The molecule has 5 nitrogen and oxygen atoms in total. The number of piperidine rings is 1. The third-order valence-corrected chi connectivity index (χ3v) is 8.93. The van der Waals surface area contributed by atoms with Gasteiger partial charge in [0.2, 0.25) is 11.8 Å². The monoisotopic (exact) mass is 409 g/mol. The molecule has 30 heavy (non-hydrogen) atoms. The van der Waals surface area contributed by atoms with E-state index in [-0.39, 0.29) is 18.4 Å². The molecule has 3 saturated carbocycles. The highest BCUT2D eigenvalue weighted by Gasteiger charge is 2.54. The minimum atomic E-state index is -0.409. The van der Waals surface area contributed by atoms with Gasteiger partial charge in [-0.2, -0.15) is 0 Å². The second-order valence-electron chi connectivity index (χ2n) is 10.7. The van der Waals surface area contributed by atoms with Crippen molar-refractivity contribution in [3.8, 4) is 0 Å². The zero-order valence-electron chi connectivity index (χ0n) is 18.3. The van der Waals surface area contributed by atoms with E-state index in [4.69, 9.17) is 5.73 Å². The van der Waals surface area contributed by atoms with Crippen LogP contribution in [0.1, 0.15) is 63.9 Å². The molecule has 4 fully saturated rings. The van der Waals surface area contributed by atoms with Crippen molar-refractivity contribution in [2.45, 2.75) is 64.3 Å². The fourth-order valence-corrected chi connectivity index (χ4v) is 7.07. The van der Waals surface area contributed by atoms with Crippen molar-refractivity contribution in [1.29, 1.82) is 0 Å². The molecule has 3 unspecified atom stereocenters. The average Bonchev–Trinajstić information content (AvgIpc) is 3.00. The van der Waals surface area contributed by atoms with E-state index < -0.39 is 11.8 Å². The maximum atomic E-state index is 13.2. The number of amides is 2. The predicted octanol–water partition coefficient (Wildman–Crippen LogP) is 3.53. The van der Waals surface area contributed by atoms with Gasteiger partial charge in [0.05, 0.1) is 5.92 Å². The molecule has 5 heteroatoms. The summed E-state index contributed by atoms with van der Waals surface area (Å²) in [5.74, 6) is 1.94. The summed E-state index contributed by atoms with van der Waals surface area (Å²) in [5, 5.41) is 0. The molecule has 2 bridgehead atoms. The van der Waals surface area contributed by atoms with E-state index >= 15 is 0 Å². The van der Waals surface area contributed by atoms with Gasteiger partial charge in [-0.15, -0.1) is 0 Å². The zero-order valence-corrected chi connectivity index (χ0v) is 18.3. The van der Waals surface area contributed by atoms with Crippen molar-refractivity contribution >= 4 is 17.5 Å². The number of primary amides is 1. The summed E-state index contributed by atoms with van der Waals surface area (Å²) in [6, 6.07) is 8.16. The maximum absolute atomic E-state index is 13.2. The van der Waals surface area contributed by atoms with Gasteiger partial charge >= 0.3 is 0 Å². The Morgan fingerprint density at radius 2 is 1.87 bits per heavy atom. The van der Waals surface area contributed by atoms with Crippen LogP contribution in [0.4, 0.5) is 5.69 Å². The lowest BCUT2D eigenvalue weighted by Gasteiger charge is -2.61. The summed E-state index contributed by atoms with van der Waals surface area (Å²) in [4.78, 5) is 29.4. The Morgan fingerprint density at radius 1 is 1.13 bits per heavy atom. The average molecular weight is 410 g/mol. The number of benzene rings is 1. The number of carbonyl (C=O) groups excluding carboxylic acids is 2. The van der Waals surface area contributed by atoms with E-state index in [0.29, 0.717) is 5.41 Å². The molecule has 0 radical (unpaired) electrons. The first-order valence-electron chi connectivity index (χ1n) is 11.8. The van der Waals surface area contributed by atoms with Crippen molar-refractivity contribution in [1.82, 2.24) is 4.90 Å². The maximum Gasteiger partial charge on any atom is 0.235 e. The Morgan fingerprint density at radius 3 is 2.53 bits per heavy atom. The summed E-state index contributed by atoms with van der Waals surface area (Å²) in [7, 11) is 0. The van der Waals surface area contributed by atoms with Crippen LogP contribution < -0.4 is 10.6 Å². The highest BCUT2D eigenvalue weighted by molar-refractivity contribution is 6.07. The van der Waals surface area contributed by atoms with E-state index in [1.807, 2.05) is 29.2 Å². The van der Waals surface area contributed by atoms with E-state index in [0.717, 1.165) is 54.9 Å². The normalized spacial score (nSPS) is 33.3. The smallest absolute Gasteiger partial charge is 0.235 e. The number of fused-ring (bicyclic) bond motifs is 3. The van der Waals surface area contributed by atoms with Gasteiger partial charge in [-0.25, -0.2) is 0 Å². The molecule has 2 heterocycles. The molecule has 3 aliphatic carbocycles. The number of carbonyl (C=O) groups is 2. The van der Waals surface area contributed by atoms with Crippen molar-refractivity contribution in [2.24, 2.45) is 28.9 Å². The van der Waals surface area contributed by atoms with E-state index in [2.05, 4.69) is 18.7 Å². The summed E-state index contributed by atoms with van der Waals surface area (Å²) < 4.78 is 0. The van der Waals surface area contributed by atoms with Crippen molar-refractivity contribution in [2.75, 3.05) is 24.5 Å². The lowest BCUT2D eigenvalue weighted by atomic mass is 9.45. The van der Waals surface area contributed by atoms with Gasteiger partial charge in [0.25, 0.3) is 0 Å². The minimum Gasteiger partial charge on any atom is -0.370 e. The third kappa shape index (κ3) is 3.17. The van der Waals surface area contributed by atoms with Crippen LogP contribution in [0.2, 0.25) is 0 Å². The van der Waals surface area contributed by atoms with Crippen molar-refractivity contribution < 1.29 is 9.59 Å². The zero-order chi connectivity index (χ0) is 21.0. The fourth-order valence-electron chi connectivity index (χ4n) is 7.07. The summed E-state index contributed by atoms with van der Waals surface area (Å²) in [6.45, 7) is 8.29. The van der Waals surface area contributed by atoms with Gasteiger partial charge in [-0.3, -0.25) is 9.59 Å². The lowest BCUT2D eigenvalue weighted by Crippen LogP contribution is -2.55. The second-order valence-corrected chi connectivity index (χ2v) is 10.7. The molecule has 2 amide bonds. The Bertz CT molecular complexity index is 841. The van der Waals surface area contributed by atoms with Crippen LogP contribution in [0.5, 0.6) is 0 Å².